The molecule has 0 aliphatic carbocycles. The monoisotopic (exact) mass is 449 g/mol. The number of carbonyl (C=O) groups is 3. The predicted octanol–water partition coefficient (Wildman–Crippen LogP) is 4.36. The highest BCUT2D eigenvalue weighted by molar-refractivity contribution is 6.53. The summed E-state index contributed by atoms with van der Waals surface area (Å²) in [6, 6.07) is 24.2. The van der Waals surface area contributed by atoms with Gasteiger partial charge in [-0.05, 0) is 43.3 Å². The zero-order valence-corrected chi connectivity index (χ0v) is 18.2. The van der Waals surface area contributed by atoms with Crippen molar-refractivity contribution in [2.45, 2.75) is 13.0 Å². The number of Topliss-reactive ketones (excluding diaryl/α,β-unsaturated/α-hetero) is 1. The van der Waals surface area contributed by atoms with E-state index in [2.05, 4.69) is 5.10 Å². The highest BCUT2D eigenvalue weighted by Crippen LogP contribution is 2.38. The van der Waals surface area contributed by atoms with E-state index < -0.39 is 29.6 Å². The van der Waals surface area contributed by atoms with Crippen molar-refractivity contribution in [3.05, 3.63) is 96.3 Å². The minimum absolute atomic E-state index is 0.00131. The zero-order valence-electron chi connectivity index (χ0n) is 18.2. The van der Waals surface area contributed by atoms with Gasteiger partial charge in [0, 0.05) is 5.39 Å². The van der Waals surface area contributed by atoms with Crippen LogP contribution in [0.5, 0.6) is 0 Å². The normalized spacial score (nSPS) is 19.6. The van der Waals surface area contributed by atoms with Gasteiger partial charge in [-0.25, -0.2) is 4.90 Å². The molecule has 0 radical (unpaired) electrons. The Hall–Kier alpha value is -4.52. The van der Waals surface area contributed by atoms with Crippen molar-refractivity contribution < 1.29 is 18.8 Å². The van der Waals surface area contributed by atoms with Crippen LogP contribution in [-0.2, 0) is 9.59 Å². The van der Waals surface area contributed by atoms with Gasteiger partial charge in [-0.15, -0.1) is 0 Å². The van der Waals surface area contributed by atoms with Gasteiger partial charge in [0.2, 0.25) is 11.7 Å². The van der Waals surface area contributed by atoms with Gasteiger partial charge in [0.05, 0.1) is 11.4 Å². The van der Waals surface area contributed by atoms with Crippen molar-refractivity contribution in [3.63, 3.8) is 0 Å². The molecule has 3 heterocycles. The number of hydrogen-bond acceptors (Lipinski definition) is 6. The molecule has 2 aliphatic rings. The van der Waals surface area contributed by atoms with Crippen LogP contribution in [-0.4, -0.2) is 29.4 Å². The van der Waals surface area contributed by atoms with Gasteiger partial charge in [-0.3, -0.25) is 19.4 Å². The summed E-state index contributed by atoms with van der Waals surface area (Å²) in [4.78, 5) is 41.8. The molecule has 2 unspecified atom stereocenters. The Kier molecular flexibility index (Phi) is 4.45. The predicted molar refractivity (Wildman–Crippen MR) is 128 cm³/mol. The number of para-hydroxylation sites is 2. The van der Waals surface area contributed by atoms with E-state index in [4.69, 9.17) is 4.42 Å². The smallest absolute Gasteiger partial charge is 0.259 e. The third kappa shape index (κ3) is 2.97. The van der Waals surface area contributed by atoms with E-state index in [1.54, 1.807) is 36.4 Å². The average Bonchev–Trinajstić information content (AvgIpc) is 3.53. The Morgan fingerprint density at radius 3 is 2.29 bits per heavy atom. The van der Waals surface area contributed by atoms with Crippen molar-refractivity contribution in [1.82, 2.24) is 0 Å². The molecule has 0 spiro atoms. The van der Waals surface area contributed by atoms with Crippen LogP contribution in [0, 0.1) is 12.8 Å². The largest absolute Gasteiger partial charge is 0.453 e. The van der Waals surface area contributed by atoms with Crippen molar-refractivity contribution in [1.29, 1.82) is 0 Å². The number of hydrogen-bond donors (Lipinski definition) is 0. The summed E-state index contributed by atoms with van der Waals surface area (Å²) in [5.74, 6) is -2.34. The van der Waals surface area contributed by atoms with Crippen LogP contribution in [0.25, 0.3) is 11.0 Å². The Labute approximate surface area is 194 Å². The summed E-state index contributed by atoms with van der Waals surface area (Å²) >= 11 is 0. The first kappa shape index (κ1) is 20.1. The number of fused-ring (bicyclic) bond motifs is 2. The van der Waals surface area contributed by atoms with E-state index >= 15 is 0 Å². The first-order valence-electron chi connectivity index (χ1n) is 10.9. The van der Waals surface area contributed by atoms with E-state index in [1.165, 1.54) is 5.01 Å². The number of ketones is 1. The number of nitrogens with zero attached hydrogens (tertiary/aromatic N) is 3. The SMILES string of the molecule is Cc1ccc(N2N=C(C(=O)c3cc4ccccc4o3)C3C(=O)N(c4ccccc4)C(=O)C32)cc1. The van der Waals surface area contributed by atoms with Gasteiger partial charge in [0.1, 0.15) is 23.3 Å². The molecule has 4 aromatic rings. The summed E-state index contributed by atoms with van der Waals surface area (Å²) in [6.45, 7) is 1.96. The number of rotatable bonds is 4. The Balaban J connectivity index is 1.46. The second-order valence-electron chi connectivity index (χ2n) is 8.41. The van der Waals surface area contributed by atoms with Crippen LogP contribution in [0.1, 0.15) is 16.1 Å². The number of hydrazone groups is 1. The lowest BCUT2D eigenvalue weighted by Gasteiger charge is -2.22. The molecule has 0 saturated carbocycles. The summed E-state index contributed by atoms with van der Waals surface area (Å²) in [6.07, 6.45) is 0. The molecule has 1 aromatic heterocycles. The maximum atomic E-state index is 13.6. The standard InChI is InChI=1S/C27H19N3O4/c1-16-11-13-19(14-12-16)30-24-22(26(32)29(27(24)33)18-8-3-2-4-9-18)23(28-30)25(31)21-15-17-7-5-6-10-20(17)34-21/h2-15,22,24H,1H3. The molecule has 2 aliphatic heterocycles. The van der Waals surface area contributed by atoms with Gasteiger partial charge >= 0.3 is 0 Å². The average molecular weight is 449 g/mol. The van der Waals surface area contributed by atoms with E-state index in [1.807, 2.05) is 55.5 Å². The molecule has 7 nitrogen and oxygen atoms in total. The Bertz CT molecular complexity index is 1450. The molecule has 0 N–H and O–H groups in total. The van der Waals surface area contributed by atoms with Gasteiger partial charge in [0.15, 0.2) is 5.76 Å². The number of benzene rings is 3. The lowest BCUT2D eigenvalue weighted by Crippen LogP contribution is -2.39. The molecular formula is C27H19N3O4. The number of imide groups is 1. The van der Waals surface area contributed by atoms with Crippen molar-refractivity contribution in [3.8, 4) is 0 Å². The second kappa shape index (κ2) is 7.52. The van der Waals surface area contributed by atoms with Gasteiger partial charge in [-0.1, -0.05) is 54.1 Å². The fourth-order valence-electron chi connectivity index (χ4n) is 4.56. The van der Waals surface area contributed by atoms with Crippen LogP contribution >= 0.6 is 0 Å². The molecule has 0 bridgehead atoms. The molecule has 7 heteroatoms. The van der Waals surface area contributed by atoms with Crippen LogP contribution in [0.4, 0.5) is 11.4 Å². The van der Waals surface area contributed by atoms with Crippen molar-refractivity contribution >= 4 is 45.7 Å². The first-order valence-corrected chi connectivity index (χ1v) is 10.9. The molecule has 2 atom stereocenters. The number of amides is 2. The van der Waals surface area contributed by atoms with E-state index in [0.29, 0.717) is 17.0 Å². The maximum absolute atomic E-state index is 13.6. The molecule has 34 heavy (non-hydrogen) atoms. The third-order valence-corrected chi connectivity index (χ3v) is 6.24. The fourth-order valence-corrected chi connectivity index (χ4v) is 4.56. The summed E-state index contributed by atoms with van der Waals surface area (Å²) < 4.78 is 5.76. The minimum atomic E-state index is -1.03. The van der Waals surface area contributed by atoms with Crippen molar-refractivity contribution in [2.75, 3.05) is 9.91 Å². The highest BCUT2D eigenvalue weighted by Gasteiger charge is 2.58. The number of aryl methyl sites for hydroxylation is 1. The zero-order chi connectivity index (χ0) is 23.4. The minimum Gasteiger partial charge on any atom is -0.453 e. The van der Waals surface area contributed by atoms with Crippen LogP contribution in [0.3, 0.4) is 0 Å². The Morgan fingerprint density at radius 1 is 0.853 bits per heavy atom. The number of furan rings is 1. The molecule has 6 rings (SSSR count). The number of anilines is 2. The van der Waals surface area contributed by atoms with Gasteiger partial charge < -0.3 is 4.42 Å². The van der Waals surface area contributed by atoms with Gasteiger partial charge in [-0.2, -0.15) is 5.10 Å². The maximum Gasteiger partial charge on any atom is 0.259 e. The molecule has 1 saturated heterocycles. The topological polar surface area (TPSA) is 83.2 Å². The van der Waals surface area contributed by atoms with Crippen LogP contribution in [0.2, 0.25) is 0 Å². The summed E-state index contributed by atoms with van der Waals surface area (Å²) in [5.41, 5.74) is 2.70. The quantitative estimate of drug-likeness (QED) is 0.342. The van der Waals surface area contributed by atoms with Crippen LogP contribution < -0.4 is 9.91 Å². The van der Waals surface area contributed by atoms with Gasteiger partial charge in [0.25, 0.3) is 5.91 Å². The van der Waals surface area contributed by atoms with Crippen molar-refractivity contribution in [2.24, 2.45) is 11.0 Å². The van der Waals surface area contributed by atoms with E-state index in [0.717, 1.165) is 15.8 Å². The molecule has 3 aromatic carbocycles. The first-order chi connectivity index (χ1) is 16.5. The molecule has 1 fully saturated rings. The number of carbonyl (C=O) groups excluding carboxylic acids is 3. The van der Waals surface area contributed by atoms with E-state index in [9.17, 15) is 14.4 Å². The molecular weight excluding hydrogens is 430 g/mol. The summed E-state index contributed by atoms with van der Waals surface area (Å²) in [7, 11) is 0. The third-order valence-electron chi connectivity index (χ3n) is 6.24. The fraction of sp³-hybridized carbons (Fsp3) is 0.111. The highest BCUT2D eigenvalue weighted by atomic mass is 16.3. The van der Waals surface area contributed by atoms with Crippen LogP contribution in [0.15, 0.2) is 94.4 Å². The van der Waals surface area contributed by atoms with E-state index in [-0.39, 0.29) is 11.5 Å². The Morgan fingerprint density at radius 2 is 1.56 bits per heavy atom. The summed E-state index contributed by atoms with van der Waals surface area (Å²) in [5, 5.41) is 6.78. The lowest BCUT2D eigenvalue weighted by molar-refractivity contribution is -0.121. The molecule has 166 valence electrons. The second-order valence-corrected chi connectivity index (χ2v) is 8.41. The molecule has 2 amide bonds. The lowest BCUT2D eigenvalue weighted by atomic mass is 9.94.